The molecule has 0 radical (unpaired) electrons. The van der Waals surface area contributed by atoms with Gasteiger partial charge in [-0.3, -0.25) is 5.10 Å². The van der Waals surface area contributed by atoms with Crippen LogP contribution in [0.25, 0.3) is 22.3 Å². The first-order valence-electron chi connectivity index (χ1n) is 4.60. The summed E-state index contributed by atoms with van der Waals surface area (Å²) in [5, 5.41) is 7.74. The van der Waals surface area contributed by atoms with Gasteiger partial charge in [0.05, 0.1) is 18.2 Å². The van der Waals surface area contributed by atoms with E-state index in [1.807, 2.05) is 23.9 Å². The minimum Gasteiger partial charge on any atom is -0.340 e. The van der Waals surface area contributed by atoms with Gasteiger partial charge in [0.15, 0.2) is 5.65 Å². The molecule has 3 heterocycles. The van der Waals surface area contributed by atoms with Gasteiger partial charge >= 0.3 is 0 Å². The summed E-state index contributed by atoms with van der Waals surface area (Å²) in [7, 11) is 1.94. The average Bonchev–Trinajstić information content (AvgIpc) is 2.84. The van der Waals surface area contributed by atoms with Gasteiger partial charge in [-0.2, -0.15) is 5.10 Å². The number of hydrogen-bond donors (Lipinski definition) is 1. The topological polar surface area (TPSA) is 59.4 Å². The fourth-order valence-corrected chi connectivity index (χ4v) is 1.54. The molecule has 15 heavy (non-hydrogen) atoms. The maximum Gasteiger partial charge on any atom is 0.155 e. The van der Waals surface area contributed by atoms with Crippen LogP contribution in [0.15, 0.2) is 31.0 Å². The van der Waals surface area contributed by atoms with Gasteiger partial charge < -0.3 is 4.57 Å². The van der Waals surface area contributed by atoms with Crippen LogP contribution in [-0.2, 0) is 7.05 Å². The lowest BCUT2D eigenvalue weighted by Gasteiger charge is -1.95. The van der Waals surface area contributed by atoms with Crippen molar-refractivity contribution < 1.29 is 0 Å². The molecule has 74 valence electrons. The molecule has 0 aliphatic carbocycles. The molecule has 0 aliphatic rings. The minimum atomic E-state index is 0.801. The summed E-state index contributed by atoms with van der Waals surface area (Å²) in [5.41, 5.74) is 2.73. The van der Waals surface area contributed by atoms with Crippen molar-refractivity contribution in [3.63, 3.8) is 0 Å². The number of aryl methyl sites for hydroxylation is 1. The van der Waals surface area contributed by atoms with Gasteiger partial charge in [0.2, 0.25) is 0 Å². The molecule has 0 fully saturated rings. The van der Waals surface area contributed by atoms with E-state index in [0.29, 0.717) is 0 Å². The number of aromatic amines is 1. The Hall–Kier alpha value is -2.17. The first-order chi connectivity index (χ1) is 7.33. The summed E-state index contributed by atoms with van der Waals surface area (Å²) in [6.45, 7) is 0. The highest BCUT2D eigenvalue weighted by Crippen LogP contribution is 2.19. The molecular formula is C10H9N5. The lowest BCUT2D eigenvalue weighted by atomic mass is 10.2. The second-order valence-corrected chi connectivity index (χ2v) is 3.46. The molecule has 3 aromatic rings. The molecule has 5 nitrogen and oxygen atoms in total. The number of nitrogens with one attached hydrogen (secondary N) is 1. The van der Waals surface area contributed by atoms with Crippen LogP contribution in [0.4, 0.5) is 0 Å². The summed E-state index contributed by atoms with van der Waals surface area (Å²) in [4.78, 5) is 8.53. The van der Waals surface area contributed by atoms with E-state index in [9.17, 15) is 0 Å². The number of fused-ring (bicyclic) bond motifs is 1. The molecular weight excluding hydrogens is 190 g/mol. The third-order valence-electron chi connectivity index (χ3n) is 2.29. The van der Waals surface area contributed by atoms with E-state index in [2.05, 4.69) is 20.2 Å². The fourth-order valence-electron chi connectivity index (χ4n) is 1.54. The Labute approximate surface area is 85.8 Å². The van der Waals surface area contributed by atoms with Gasteiger partial charge in [0.1, 0.15) is 0 Å². The van der Waals surface area contributed by atoms with E-state index in [0.717, 1.165) is 22.3 Å². The van der Waals surface area contributed by atoms with Gasteiger partial charge in [-0.15, -0.1) is 0 Å². The third kappa shape index (κ3) is 1.28. The van der Waals surface area contributed by atoms with Crippen LogP contribution in [0.1, 0.15) is 0 Å². The predicted octanol–water partition coefficient (Wildman–Crippen LogP) is 1.36. The van der Waals surface area contributed by atoms with Crippen molar-refractivity contribution in [2.24, 2.45) is 7.05 Å². The predicted molar refractivity (Wildman–Crippen MR) is 56.1 cm³/mol. The van der Waals surface area contributed by atoms with Crippen molar-refractivity contribution in [2.45, 2.75) is 0 Å². The first-order valence-corrected chi connectivity index (χ1v) is 4.60. The molecule has 3 rings (SSSR count). The standard InChI is InChI=1S/C10H9N5/c1-15-5-9(12-6-15)7-2-8-4-13-14-10(8)11-3-7/h2-6H,1H3,(H,11,13,14). The van der Waals surface area contributed by atoms with Crippen LogP contribution in [0, 0.1) is 0 Å². The van der Waals surface area contributed by atoms with Crippen LogP contribution < -0.4 is 0 Å². The highest BCUT2D eigenvalue weighted by Gasteiger charge is 2.03. The quantitative estimate of drug-likeness (QED) is 0.643. The number of nitrogens with zero attached hydrogens (tertiary/aromatic N) is 4. The Balaban J connectivity index is 2.18. The van der Waals surface area contributed by atoms with Crippen LogP contribution >= 0.6 is 0 Å². The number of rotatable bonds is 1. The number of aromatic nitrogens is 5. The highest BCUT2D eigenvalue weighted by atomic mass is 15.1. The van der Waals surface area contributed by atoms with E-state index in [4.69, 9.17) is 0 Å². The summed E-state index contributed by atoms with van der Waals surface area (Å²) < 4.78 is 1.91. The van der Waals surface area contributed by atoms with Crippen molar-refractivity contribution >= 4 is 11.0 Å². The fraction of sp³-hybridized carbons (Fsp3) is 0.100. The molecule has 0 amide bonds. The molecule has 0 saturated heterocycles. The van der Waals surface area contributed by atoms with E-state index in [1.54, 1.807) is 18.7 Å². The second-order valence-electron chi connectivity index (χ2n) is 3.46. The van der Waals surface area contributed by atoms with Crippen molar-refractivity contribution in [1.29, 1.82) is 0 Å². The highest BCUT2D eigenvalue weighted by molar-refractivity contribution is 5.79. The molecule has 0 saturated carbocycles. The van der Waals surface area contributed by atoms with Crippen LogP contribution in [0.3, 0.4) is 0 Å². The lowest BCUT2D eigenvalue weighted by Crippen LogP contribution is -1.81. The summed E-state index contributed by atoms with van der Waals surface area (Å²) in [5.74, 6) is 0. The number of pyridine rings is 1. The van der Waals surface area contributed by atoms with Gasteiger partial charge in [-0.25, -0.2) is 9.97 Å². The zero-order valence-corrected chi connectivity index (χ0v) is 8.18. The second kappa shape index (κ2) is 2.91. The largest absolute Gasteiger partial charge is 0.340 e. The summed E-state index contributed by atoms with van der Waals surface area (Å²) in [6.07, 6.45) is 7.29. The average molecular weight is 199 g/mol. The number of H-pyrrole nitrogens is 1. The van der Waals surface area contributed by atoms with Gasteiger partial charge in [-0.05, 0) is 6.07 Å². The van der Waals surface area contributed by atoms with E-state index >= 15 is 0 Å². The number of imidazole rings is 1. The van der Waals surface area contributed by atoms with Gasteiger partial charge in [-0.1, -0.05) is 0 Å². The Morgan fingerprint density at radius 2 is 2.20 bits per heavy atom. The van der Waals surface area contributed by atoms with E-state index in [1.165, 1.54) is 0 Å². The summed E-state index contributed by atoms with van der Waals surface area (Å²) in [6, 6.07) is 2.02. The van der Waals surface area contributed by atoms with Crippen LogP contribution in [0.5, 0.6) is 0 Å². The molecule has 5 heteroatoms. The zero-order valence-electron chi connectivity index (χ0n) is 8.18. The van der Waals surface area contributed by atoms with E-state index < -0.39 is 0 Å². The molecule has 0 bridgehead atoms. The van der Waals surface area contributed by atoms with Crippen molar-refractivity contribution in [1.82, 2.24) is 24.7 Å². The first kappa shape index (κ1) is 8.16. The van der Waals surface area contributed by atoms with E-state index in [-0.39, 0.29) is 0 Å². The van der Waals surface area contributed by atoms with Crippen LogP contribution in [0.2, 0.25) is 0 Å². The third-order valence-corrected chi connectivity index (χ3v) is 2.29. The minimum absolute atomic E-state index is 0.801. The molecule has 0 aromatic carbocycles. The molecule has 0 aliphatic heterocycles. The molecule has 0 spiro atoms. The monoisotopic (exact) mass is 199 g/mol. The molecule has 3 aromatic heterocycles. The van der Waals surface area contributed by atoms with Gasteiger partial charge in [0.25, 0.3) is 0 Å². The normalized spacial score (nSPS) is 11.0. The SMILES string of the molecule is Cn1cnc(-c2cnc3[nH]ncc3c2)c1. The molecule has 1 N–H and O–H groups in total. The summed E-state index contributed by atoms with van der Waals surface area (Å²) >= 11 is 0. The maximum atomic E-state index is 4.27. The Morgan fingerprint density at radius 1 is 1.27 bits per heavy atom. The van der Waals surface area contributed by atoms with Crippen molar-refractivity contribution in [3.05, 3.63) is 31.0 Å². The Bertz CT molecular complexity index is 607. The maximum absolute atomic E-state index is 4.27. The number of hydrogen-bond acceptors (Lipinski definition) is 3. The zero-order chi connectivity index (χ0) is 10.3. The lowest BCUT2D eigenvalue weighted by molar-refractivity contribution is 0.913. The Kier molecular flexibility index (Phi) is 1.58. The smallest absolute Gasteiger partial charge is 0.155 e. The van der Waals surface area contributed by atoms with Gasteiger partial charge in [0, 0.05) is 30.4 Å². The molecule has 0 unspecified atom stereocenters. The van der Waals surface area contributed by atoms with Crippen molar-refractivity contribution in [3.8, 4) is 11.3 Å². The Morgan fingerprint density at radius 3 is 3.00 bits per heavy atom. The van der Waals surface area contributed by atoms with Crippen molar-refractivity contribution in [2.75, 3.05) is 0 Å². The molecule has 0 atom stereocenters. The van der Waals surface area contributed by atoms with Crippen LogP contribution in [-0.4, -0.2) is 24.7 Å².